The van der Waals surface area contributed by atoms with Gasteiger partial charge in [0.25, 0.3) is 5.91 Å². The Labute approximate surface area is 157 Å². The number of rotatable bonds is 5. The molecular weight excluding hydrogens is 342 g/mol. The van der Waals surface area contributed by atoms with Gasteiger partial charge in [0.1, 0.15) is 0 Å². The fourth-order valence-electron chi connectivity index (χ4n) is 2.61. The van der Waals surface area contributed by atoms with Crippen molar-refractivity contribution in [2.75, 3.05) is 24.0 Å². The topological polar surface area (TPSA) is 73.2 Å². The standard InChI is InChI=1S/C21H19N3O3/c1-23(2)16-13-11-15(12-14-16)7-6-10-18-19(21(26)27)22-24(20(18)25)17-8-4-3-5-9-17/h3-14H,1-2H3,(H,26,27)/b7-6+,18-10-. The Morgan fingerprint density at radius 3 is 2.33 bits per heavy atom. The Kier molecular flexibility index (Phi) is 5.17. The lowest BCUT2D eigenvalue weighted by Crippen LogP contribution is -2.22. The Bertz CT molecular complexity index is 942. The maximum absolute atomic E-state index is 12.6. The lowest BCUT2D eigenvalue weighted by atomic mass is 10.1. The third kappa shape index (κ3) is 3.95. The Hall–Kier alpha value is -3.67. The van der Waals surface area contributed by atoms with E-state index in [4.69, 9.17) is 0 Å². The van der Waals surface area contributed by atoms with Crippen LogP contribution in [-0.4, -0.2) is 36.8 Å². The SMILES string of the molecule is CN(C)c1ccc(/C=C/C=C2\C(=O)N(c3ccccc3)N=C2C(=O)O)cc1. The number of allylic oxidation sites excluding steroid dienone is 2. The van der Waals surface area contributed by atoms with E-state index in [-0.39, 0.29) is 11.3 Å². The molecule has 1 aliphatic heterocycles. The van der Waals surface area contributed by atoms with Gasteiger partial charge in [-0.1, -0.05) is 42.5 Å². The number of hydrazone groups is 1. The van der Waals surface area contributed by atoms with E-state index in [9.17, 15) is 14.7 Å². The number of hydrogen-bond acceptors (Lipinski definition) is 4. The molecule has 1 amide bonds. The molecule has 0 saturated heterocycles. The van der Waals surface area contributed by atoms with Crippen molar-refractivity contribution in [3.05, 3.63) is 77.9 Å². The summed E-state index contributed by atoms with van der Waals surface area (Å²) in [5.74, 6) is -1.71. The van der Waals surface area contributed by atoms with Crippen molar-refractivity contribution in [3.63, 3.8) is 0 Å². The van der Waals surface area contributed by atoms with Crippen LogP contribution in [0.3, 0.4) is 0 Å². The van der Waals surface area contributed by atoms with Crippen LogP contribution in [0.2, 0.25) is 0 Å². The number of hydrogen-bond donors (Lipinski definition) is 1. The number of nitrogens with zero attached hydrogens (tertiary/aromatic N) is 3. The molecule has 0 fully saturated rings. The van der Waals surface area contributed by atoms with Crippen LogP contribution < -0.4 is 9.91 Å². The maximum atomic E-state index is 12.6. The van der Waals surface area contributed by atoms with Crippen molar-refractivity contribution >= 4 is 35.0 Å². The molecule has 1 N–H and O–H groups in total. The average Bonchev–Trinajstić information content (AvgIpc) is 3.00. The number of carbonyl (C=O) groups is 2. The molecule has 1 aliphatic rings. The minimum absolute atomic E-state index is 0.0486. The molecule has 6 nitrogen and oxygen atoms in total. The van der Waals surface area contributed by atoms with Gasteiger partial charge in [-0.25, -0.2) is 4.79 Å². The van der Waals surface area contributed by atoms with Gasteiger partial charge in [-0.15, -0.1) is 0 Å². The summed E-state index contributed by atoms with van der Waals surface area (Å²) >= 11 is 0. The minimum Gasteiger partial charge on any atom is -0.476 e. The molecular formula is C21H19N3O3. The average molecular weight is 361 g/mol. The fourth-order valence-corrected chi connectivity index (χ4v) is 2.61. The molecule has 0 unspecified atom stereocenters. The van der Waals surface area contributed by atoms with Crippen molar-refractivity contribution in [2.45, 2.75) is 0 Å². The summed E-state index contributed by atoms with van der Waals surface area (Å²) in [4.78, 5) is 26.1. The summed E-state index contributed by atoms with van der Waals surface area (Å²) in [6, 6.07) is 16.6. The van der Waals surface area contributed by atoms with Gasteiger partial charge in [-0.2, -0.15) is 10.1 Å². The van der Waals surface area contributed by atoms with Crippen LogP contribution in [0.15, 0.2) is 77.4 Å². The zero-order chi connectivity index (χ0) is 19.4. The number of anilines is 2. The highest BCUT2D eigenvalue weighted by Crippen LogP contribution is 2.23. The van der Waals surface area contributed by atoms with Gasteiger partial charge in [-0.3, -0.25) is 4.79 Å². The number of carboxylic acids is 1. The van der Waals surface area contributed by atoms with Gasteiger partial charge in [0.2, 0.25) is 0 Å². The fraction of sp³-hybridized carbons (Fsp3) is 0.0952. The Morgan fingerprint density at radius 1 is 1.07 bits per heavy atom. The smallest absolute Gasteiger partial charge is 0.357 e. The molecule has 0 saturated carbocycles. The van der Waals surface area contributed by atoms with E-state index in [0.717, 1.165) is 16.3 Å². The van der Waals surface area contributed by atoms with Crippen LogP contribution >= 0.6 is 0 Å². The van der Waals surface area contributed by atoms with Crippen LogP contribution in [0.5, 0.6) is 0 Å². The number of para-hydroxylation sites is 1. The third-order valence-electron chi connectivity index (χ3n) is 4.04. The van der Waals surface area contributed by atoms with Gasteiger partial charge in [0.05, 0.1) is 11.3 Å². The third-order valence-corrected chi connectivity index (χ3v) is 4.04. The summed E-state index contributed by atoms with van der Waals surface area (Å²) in [6.45, 7) is 0. The first-order valence-corrected chi connectivity index (χ1v) is 8.35. The largest absolute Gasteiger partial charge is 0.476 e. The Balaban J connectivity index is 1.85. The van der Waals surface area contributed by atoms with E-state index in [0.29, 0.717) is 5.69 Å². The molecule has 136 valence electrons. The molecule has 0 atom stereocenters. The van der Waals surface area contributed by atoms with E-state index in [1.807, 2.05) is 55.4 Å². The molecule has 6 heteroatoms. The number of benzene rings is 2. The van der Waals surface area contributed by atoms with E-state index in [2.05, 4.69) is 5.10 Å². The molecule has 0 aliphatic carbocycles. The second kappa shape index (κ2) is 7.70. The zero-order valence-electron chi connectivity index (χ0n) is 15.0. The van der Waals surface area contributed by atoms with E-state index >= 15 is 0 Å². The Morgan fingerprint density at radius 2 is 1.74 bits per heavy atom. The van der Waals surface area contributed by atoms with Crippen LogP contribution in [0.4, 0.5) is 11.4 Å². The lowest BCUT2D eigenvalue weighted by molar-refractivity contribution is -0.129. The van der Waals surface area contributed by atoms with Gasteiger partial charge in [0, 0.05) is 19.8 Å². The summed E-state index contributed by atoms with van der Waals surface area (Å²) < 4.78 is 0. The van der Waals surface area contributed by atoms with Gasteiger partial charge in [-0.05, 0) is 35.9 Å². The van der Waals surface area contributed by atoms with Gasteiger partial charge < -0.3 is 10.0 Å². The number of carboxylic acid groups (broad SMARTS) is 1. The summed E-state index contributed by atoms with van der Waals surface area (Å²) in [5.41, 5.74) is 2.32. The first kappa shape index (κ1) is 18.1. The number of aliphatic carboxylic acids is 1. The van der Waals surface area contributed by atoms with E-state index < -0.39 is 11.9 Å². The van der Waals surface area contributed by atoms with Gasteiger partial charge in [0.15, 0.2) is 5.71 Å². The van der Waals surface area contributed by atoms with Crippen LogP contribution in [0, 0.1) is 0 Å². The van der Waals surface area contributed by atoms with Gasteiger partial charge >= 0.3 is 5.97 Å². The normalized spacial score (nSPS) is 15.5. The highest BCUT2D eigenvalue weighted by Gasteiger charge is 2.34. The van der Waals surface area contributed by atoms with Crippen molar-refractivity contribution in [3.8, 4) is 0 Å². The zero-order valence-corrected chi connectivity index (χ0v) is 15.0. The quantitative estimate of drug-likeness (QED) is 0.830. The molecule has 0 aromatic heterocycles. The maximum Gasteiger partial charge on any atom is 0.357 e. The predicted molar refractivity (Wildman–Crippen MR) is 107 cm³/mol. The summed E-state index contributed by atoms with van der Waals surface area (Å²) in [7, 11) is 3.93. The monoisotopic (exact) mass is 361 g/mol. The predicted octanol–water partition coefficient (Wildman–Crippen LogP) is 3.18. The summed E-state index contributed by atoms with van der Waals surface area (Å²) in [6.07, 6.45) is 4.95. The molecule has 3 rings (SSSR count). The molecule has 2 aromatic rings. The van der Waals surface area contributed by atoms with E-state index in [1.165, 1.54) is 6.08 Å². The molecule has 2 aromatic carbocycles. The first-order chi connectivity index (χ1) is 13.0. The minimum atomic E-state index is -1.24. The van der Waals surface area contributed by atoms with Crippen molar-refractivity contribution in [1.29, 1.82) is 0 Å². The van der Waals surface area contributed by atoms with Crippen molar-refractivity contribution in [1.82, 2.24) is 0 Å². The van der Waals surface area contributed by atoms with Crippen molar-refractivity contribution < 1.29 is 14.7 Å². The van der Waals surface area contributed by atoms with E-state index in [1.54, 1.807) is 30.3 Å². The molecule has 1 heterocycles. The summed E-state index contributed by atoms with van der Waals surface area (Å²) in [5, 5.41) is 14.5. The molecule has 0 spiro atoms. The van der Waals surface area contributed by atoms with Crippen LogP contribution in [-0.2, 0) is 9.59 Å². The second-order valence-electron chi connectivity index (χ2n) is 6.13. The molecule has 0 bridgehead atoms. The molecule has 0 radical (unpaired) electrons. The van der Waals surface area contributed by atoms with Crippen LogP contribution in [0.1, 0.15) is 5.56 Å². The number of carbonyl (C=O) groups excluding carboxylic acids is 1. The first-order valence-electron chi connectivity index (χ1n) is 8.35. The highest BCUT2D eigenvalue weighted by atomic mass is 16.4. The number of amides is 1. The highest BCUT2D eigenvalue weighted by molar-refractivity contribution is 6.52. The van der Waals surface area contributed by atoms with Crippen molar-refractivity contribution in [2.24, 2.45) is 5.10 Å². The lowest BCUT2D eigenvalue weighted by Gasteiger charge is -2.11. The molecule has 27 heavy (non-hydrogen) atoms. The second-order valence-corrected chi connectivity index (χ2v) is 6.13. The van der Waals surface area contributed by atoms with Crippen LogP contribution in [0.25, 0.3) is 6.08 Å².